The molecule has 0 fully saturated rings. The lowest BCUT2D eigenvalue weighted by molar-refractivity contribution is -0.142. The minimum atomic E-state index is -0.639. The summed E-state index contributed by atoms with van der Waals surface area (Å²) in [4.78, 5) is 23.7. The van der Waals surface area contributed by atoms with Gasteiger partial charge in [0.2, 0.25) is 0 Å². The van der Waals surface area contributed by atoms with Crippen LogP contribution in [0.2, 0.25) is 5.02 Å². The van der Waals surface area contributed by atoms with E-state index in [1.165, 1.54) is 20.3 Å². The molecular weight excluding hydrogens is 370 g/mol. The summed E-state index contributed by atoms with van der Waals surface area (Å²) in [5, 5.41) is 3.24. The van der Waals surface area contributed by atoms with E-state index in [9.17, 15) is 9.59 Å². The first-order valence-electron chi connectivity index (χ1n) is 8.05. The van der Waals surface area contributed by atoms with Crippen LogP contribution >= 0.6 is 11.6 Å². The van der Waals surface area contributed by atoms with E-state index >= 15 is 0 Å². The monoisotopic (exact) mass is 389 g/mol. The Balaban J connectivity index is 1.90. The number of amides is 1. The molecule has 1 N–H and O–H groups in total. The molecule has 142 valence electrons. The Morgan fingerprint density at radius 2 is 1.74 bits per heavy atom. The van der Waals surface area contributed by atoms with Crippen molar-refractivity contribution in [1.29, 1.82) is 0 Å². The van der Waals surface area contributed by atoms with Crippen LogP contribution in [0.5, 0.6) is 11.5 Å². The van der Waals surface area contributed by atoms with Crippen LogP contribution in [0.3, 0.4) is 0 Å². The number of aryl methyl sites for hydroxylation is 1. The Bertz CT molecular complexity index is 841. The number of benzene rings is 2. The largest absolute Gasteiger partial charge is 0.497 e. The predicted molar refractivity (Wildman–Crippen MR) is 104 cm³/mol. The average Bonchev–Trinajstić information content (AvgIpc) is 2.66. The first kappa shape index (κ1) is 20.3. The minimum absolute atomic E-state index is 0.396. The summed E-state index contributed by atoms with van der Waals surface area (Å²) in [7, 11) is 3.08. The third-order valence-electron chi connectivity index (χ3n) is 3.59. The number of nitrogens with one attached hydrogen (secondary N) is 1. The van der Waals surface area contributed by atoms with E-state index in [1.54, 1.807) is 42.5 Å². The lowest BCUT2D eigenvalue weighted by Crippen LogP contribution is -2.20. The molecule has 0 aliphatic carbocycles. The zero-order valence-corrected chi connectivity index (χ0v) is 16.0. The molecule has 1 amide bonds. The molecule has 6 nitrogen and oxygen atoms in total. The van der Waals surface area contributed by atoms with Gasteiger partial charge in [-0.25, -0.2) is 4.79 Å². The Morgan fingerprint density at radius 1 is 1.07 bits per heavy atom. The Morgan fingerprint density at radius 3 is 2.33 bits per heavy atom. The van der Waals surface area contributed by atoms with Crippen molar-refractivity contribution < 1.29 is 23.8 Å². The van der Waals surface area contributed by atoms with Gasteiger partial charge in [-0.2, -0.15) is 0 Å². The van der Waals surface area contributed by atoms with Gasteiger partial charge in [0.25, 0.3) is 5.91 Å². The molecule has 0 aliphatic heterocycles. The highest BCUT2D eigenvalue weighted by Crippen LogP contribution is 2.23. The van der Waals surface area contributed by atoms with Crippen molar-refractivity contribution in [3.8, 4) is 11.5 Å². The van der Waals surface area contributed by atoms with Gasteiger partial charge in [0, 0.05) is 22.9 Å². The second-order valence-electron chi connectivity index (χ2n) is 5.59. The smallest absolute Gasteiger partial charge is 0.331 e. The van der Waals surface area contributed by atoms with Gasteiger partial charge < -0.3 is 19.5 Å². The molecule has 0 unspecified atom stereocenters. The molecule has 0 saturated carbocycles. The summed E-state index contributed by atoms with van der Waals surface area (Å²) in [5.41, 5.74) is 2.12. The number of anilines is 1. The SMILES string of the molecule is COc1cc(/C=C/C(=O)OCC(=O)Nc2ccc(Cl)cc2C)cc(OC)c1. The molecule has 0 aromatic heterocycles. The van der Waals surface area contributed by atoms with Crippen molar-refractivity contribution in [2.24, 2.45) is 0 Å². The van der Waals surface area contributed by atoms with Crippen LogP contribution in [-0.4, -0.2) is 32.7 Å². The van der Waals surface area contributed by atoms with Crippen LogP contribution in [0.25, 0.3) is 6.08 Å². The number of halogens is 1. The summed E-state index contributed by atoms with van der Waals surface area (Å²) in [6.45, 7) is 1.42. The fourth-order valence-electron chi connectivity index (χ4n) is 2.23. The zero-order chi connectivity index (χ0) is 19.8. The second kappa shape index (κ2) is 9.64. The standard InChI is InChI=1S/C20H20ClNO5/c1-13-8-15(21)5-6-18(13)22-19(23)12-27-20(24)7-4-14-9-16(25-2)11-17(10-14)26-3/h4-11H,12H2,1-3H3,(H,22,23)/b7-4+. The Labute approximate surface area is 162 Å². The van der Waals surface area contributed by atoms with E-state index in [-0.39, 0.29) is 0 Å². The number of esters is 1. The third-order valence-corrected chi connectivity index (χ3v) is 3.83. The van der Waals surface area contributed by atoms with Crippen molar-refractivity contribution in [2.45, 2.75) is 6.92 Å². The number of methoxy groups -OCH3 is 2. The van der Waals surface area contributed by atoms with E-state index in [4.69, 9.17) is 25.8 Å². The molecule has 0 heterocycles. The fraction of sp³-hybridized carbons (Fsp3) is 0.200. The lowest BCUT2D eigenvalue weighted by atomic mass is 10.2. The van der Waals surface area contributed by atoms with Gasteiger partial charge >= 0.3 is 5.97 Å². The molecule has 0 atom stereocenters. The van der Waals surface area contributed by atoms with Gasteiger partial charge in [0.1, 0.15) is 11.5 Å². The highest BCUT2D eigenvalue weighted by molar-refractivity contribution is 6.30. The third kappa shape index (κ3) is 6.34. The van der Waals surface area contributed by atoms with Gasteiger partial charge in [-0.3, -0.25) is 4.79 Å². The average molecular weight is 390 g/mol. The van der Waals surface area contributed by atoms with Gasteiger partial charge in [-0.1, -0.05) is 11.6 Å². The highest BCUT2D eigenvalue weighted by Gasteiger charge is 2.08. The molecule has 0 bridgehead atoms. The van der Waals surface area contributed by atoms with Gasteiger partial charge in [0.05, 0.1) is 14.2 Å². The molecule has 2 aromatic carbocycles. The number of rotatable bonds is 7. The number of carbonyl (C=O) groups excluding carboxylic acids is 2. The molecule has 0 radical (unpaired) electrons. The van der Waals surface area contributed by atoms with Gasteiger partial charge in [0.15, 0.2) is 6.61 Å². The molecule has 0 spiro atoms. The van der Waals surface area contributed by atoms with Crippen molar-refractivity contribution >= 4 is 35.2 Å². The van der Waals surface area contributed by atoms with Crippen molar-refractivity contribution in [3.05, 3.63) is 58.6 Å². The lowest BCUT2D eigenvalue weighted by Gasteiger charge is -2.08. The van der Waals surface area contributed by atoms with Crippen LogP contribution in [0.15, 0.2) is 42.5 Å². The molecule has 0 saturated heterocycles. The zero-order valence-electron chi connectivity index (χ0n) is 15.2. The molecular formula is C20H20ClNO5. The molecule has 0 aliphatic rings. The van der Waals surface area contributed by atoms with Gasteiger partial charge in [-0.05, 0) is 54.5 Å². The summed E-state index contributed by atoms with van der Waals surface area (Å²) in [6.07, 6.45) is 2.78. The van der Waals surface area contributed by atoms with Crippen LogP contribution in [0.4, 0.5) is 5.69 Å². The normalized spacial score (nSPS) is 10.5. The number of hydrogen-bond acceptors (Lipinski definition) is 5. The molecule has 2 rings (SSSR count). The van der Waals surface area contributed by atoms with E-state index in [0.717, 1.165) is 5.56 Å². The highest BCUT2D eigenvalue weighted by atomic mass is 35.5. The van der Waals surface area contributed by atoms with Crippen LogP contribution in [0.1, 0.15) is 11.1 Å². The predicted octanol–water partition coefficient (Wildman–Crippen LogP) is 3.86. The van der Waals surface area contributed by atoms with E-state index in [0.29, 0.717) is 27.8 Å². The summed E-state index contributed by atoms with van der Waals surface area (Å²) >= 11 is 5.87. The summed E-state index contributed by atoms with van der Waals surface area (Å²) in [5.74, 6) is 0.116. The maximum Gasteiger partial charge on any atom is 0.331 e. The topological polar surface area (TPSA) is 73.9 Å². The Hall–Kier alpha value is -2.99. The van der Waals surface area contributed by atoms with E-state index < -0.39 is 18.5 Å². The maximum absolute atomic E-state index is 11.9. The van der Waals surface area contributed by atoms with Crippen molar-refractivity contribution in [3.63, 3.8) is 0 Å². The maximum atomic E-state index is 11.9. The number of ether oxygens (including phenoxy) is 3. The molecule has 2 aromatic rings. The quantitative estimate of drug-likeness (QED) is 0.575. The van der Waals surface area contributed by atoms with E-state index in [2.05, 4.69) is 5.32 Å². The first-order chi connectivity index (χ1) is 12.9. The molecule has 7 heteroatoms. The number of hydrogen-bond donors (Lipinski definition) is 1. The second-order valence-corrected chi connectivity index (χ2v) is 6.03. The van der Waals surface area contributed by atoms with Crippen LogP contribution in [-0.2, 0) is 14.3 Å². The first-order valence-corrected chi connectivity index (χ1v) is 8.43. The van der Waals surface area contributed by atoms with Crippen LogP contribution < -0.4 is 14.8 Å². The van der Waals surface area contributed by atoms with Crippen LogP contribution in [0, 0.1) is 6.92 Å². The van der Waals surface area contributed by atoms with Crippen molar-refractivity contribution in [2.75, 3.05) is 26.1 Å². The molecule has 27 heavy (non-hydrogen) atoms. The Kier molecular flexibility index (Phi) is 7.25. The fourth-order valence-corrected chi connectivity index (χ4v) is 2.46. The summed E-state index contributed by atoms with van der Waals surface area (Å²) < 4.78 is 15.3. The van der Waals surface area contributed by atoms with E-state index in [1.807, 2.05) is 6.92 Å². The number of carbonyl (C=O) groups is 2. The van der Waals surface area contributed by atoms with Crippen molar-refractivity contribution in [1.82, 2.24) is 0 Å². The minimum Gasteiger partial charge on any atom is -0.497 e. The summed E-state index contributed by atoms with van der Waals surface area (Å²) in [6, 6.07) is 10.3. The van der Waals surface area contributed by atoms with Gasteiger partial charge in [-0.15, -0.1) is 0 Å².